The predicted octanol–water partition coefficient (Wildman–Crippen LogP) is 2.68. The van der Waals surface area contributed by atoms with Gasteiger partial charge in [0.2, 0.25) is 5.91 Å². The van der Waals surface area contributed by atoms with Gasteiger partial charge in [-0.05, 0) is 32.3 Å². The molecule has 2 fully saturated rings. The van der Waals surface area contributed by atoms with Crippen LogP contribution in [0.5, 0.6) is 0 Å². The molecule has 0 bridgehead atoms. The maximum absolute atomic E-state index is 14.1. The van der Waals surface area contributed by atoms with Crippen LogP contribution in [0.25, 0.3) is 0 Å². The molecule has 1 aliphatic heterocycles. The Kier molecular flexibility index (Phi) is 4.73. The Bertz CT molecular complexity index is 632. The summed E-state index contributed by atoms with van der Waals surface area (Å²) in [4.78, 5) is 27.8. The number of halogens is 1. The summed E-state index contributed by atoms with van der Waals surface area (Å²) in [5.41, 5.74) is 0.537. The Labute approximate surface area is 141 Å². The van der Waals surface area contributed by atoms with Crippen LogP contribution >= 0.6 is 0 Å². The van der Waals surface area contributed by atoms with E-state index in [0.29, 0.717) is 24.9 Å². The number of piperidine rings is 1. The molecule has 1 aromatic carbocycles. The number of hydrogen-bond acceptors (Lipinski definition) is 2. The molecule has 1 aliphatic carbocycles. The summed E-state index contributed by atoms with van der Waals surface area (Å²) in [7, 11) is 1.75. The first-order chi connectivity index (χ1) is 11.5. The van der Waals surface area contributed by atoms with Gasteiger partial charge in [-0.15, -0.1) is 0 Å². The fourth-order valence-electron chi connectivity index (χ4n) is 3.35. The fraction of sp³-hybridized carbons (Fsp3) is 0.556. The zero-order chi connectivity index (χ0) is 17.3. The molecule has 3 amide bonds. The Morgan fingerprint density at radius 3 is 2.67 bits per heavy atom. The standard InChI is InChI=1S/C18H24FN3O2/c1-12(15-5-3-4-6-16(15)19)22(14-8-9-14)18(24)20-13-7-10-17(23)21(2)11-13/h3-6,12-14H,7-11H2,1-2H3,(H,20,24)/t12-,13-/m1/s1. The molecule has 0 unspecified atom stereocenters. The van der Waals surface area contributed by atoms with Crippen molar-refractivity contribution in [3.05, 3.63) is 35.6 Å². The van der Waals surface area contributed by atoms with Crippen molar-refractivity contribution in [2.75, 3.05) is 13.6 Å². The molecular formula is C18H24FN3O2. The Morgan fingerprint density at radius 1 is 1.33 bits per heavy atom. The maximum Gasteiger partial charge on any atom is 0.318 e. The number of benzene rings is 1. The van der Waals surface area contributed by atoms with Crippen LogP contribution in [0, 0.1) is 5.82 Å². The topological polar surface area (TPSA) is 52.7 Å². The van der Waals surface area contributed by atoms with Crippen molar-refractivity contribution in [2.45, 2.75) is 50.7 Å². The van der Waals surface area contributed by atoms with E-state index in [4.69, 9.17) is 0 Å². The zero-order valence-electron chi connectivity index (χ0n) is 14.2. The first-order valence-corrected chi connectivity index (χ1v) is 8.54. The van der Waals surface area contributed by atoms with Gasteiger partial charge < -0.3 is 15.1 Å². The number of carbonyl (C=O) groups is 2. The van der Waals surface area contributed by atoms with Crippen molar-refractivity contribution in [1.82, 2.24) is 15.1 Å². The van der Waals surface area contributed by atoms with Gasteiger partial charge in [0, 0.05) is 37.7 Å². The van der Waals surface area contributed by atoms with Crippen LogP contribution in [0.15, 0.2) is 24.3 Å². The van der Waals surface area contributed by atoms with E-state index in [9.17, 15) is 14.0 Å². The number of urea groups is 1. The van der Waals surface area contributed by atoms with E-state index in [0.717, 1.165) is 12.8 Å². The number of likely N-dealkylation sites (N-methyl/N-ethyl adjacent to an activating group) is 1. The molecule has 0 spiro atoms. The molecule has 130 valence electrons. The molecule has 5 nitrogen and oxygen atoms in total. The molecule has 1 saturated carbocycles. The van der Waals surface area contributed by atoms with E-state index in [1.807, 2.05) is 6.92 Å². The van der Waals surface area contributed by atoms with Gasteiger partial charge in [-0.25, -0.2) is 9.18 Å². The average molecular weight is 333 g/mol. The van der Waals surface area contributed by atoms with E-state index >= 15 is 0 Å². The van der Waals surface area contributed by atoms with Crippen LogP contribution in [0.2, 0.25) is 0 Å². The largest absolute Gasteiger partial charge is 0.344 e. The van der Waals surface area contributed by atoms with E-state index < -0.39 is 0 Å². The first-order valence-electron chi connectivity index (χ1n) is 8.54. The molecule has 6 heteroatoms. The third-order valence-electron chi connectivity index (χ3n) is 4.90. The van der Waals surface area contributed by atoms with E-state index in [1.165, 1.54) is 6.07 Å². The number of amides is 3. The number of hydrogen-bond donors (Lipinski definition) is 1. The molecule has 1 heterocycles. The van der Waals surface area contributed by atoms with Crippen molar-refractivity contribution in [3.63, 3.8) is 0 Å². The minimum atomic E-state index is -0.318. The lowest BCUT2D eigenvalue weighted by atomic mass is 10.0. The summed E-state index contributed by atoms with van der Waals surface area (Å²) in [5, 5.41) is 3.03. The molecule has 1 saturated heterocycles. The van der Waals surface area contributed by atoms with Gasteiger partial charge in [-0.3, -0.25) is 4.79 Å². The zero-order valence-corrected chi connectivity index (χ0v) is 14.2. The average Bonchev–Trinajstić information content (AvgIpc) is 3.36. The normalized spacial score (nSPS) is 22.2. The van der Waals surface area contributed by atoms with Crippen LogP contribution in [0.1, 0.15) is 44.2 Å². The number of rotatable bonds is 4. The first kappa shape index (κ1) is 16.7. The second kappa shape index (κ2) is 6.79. The SMILES string of the molecule is C[C@H](c1ccccc1F)N(C(=O)N[C@@H]1CCC(=O)N(C)C1)C1CC1. The lowest BCUT2D eigenvalue weighted by molar-refractivity contribution is -0.132. The number of nitrogens with zero attached hydrogens (tertiary/aromatic N) is 2. The molecular weight excluding hydrogens is 309 g/mol. The number of likely N-dealkylation sites (tertiary alicyclic amines) is 1. The highest BCUT2D eigenvalue weighted by molar-refractivity contribution is 5.78. The van der Waals surface area contributed by atoms with Gasteiger partial charge in [0.25, 0.3) is 0 Å². The lowest BCUT2D eigenvalue weighted by Crippen LogP contribution is -2.53. The Morgan fingerprint density at radius 2 is 2.04 bits per heavy atom. The highest BCUT2D eigenvalue weighted by Gasteiger charge is 2.38. The monoisotopic (exact) mass is 333 g/mol. The smallest absolute Gasteiger partial charge is 0.318 e. The molecule has 1 aromatic rings. The number of nitrogens with one attached hydrogen (secondary N) is 1. The summed E-state index contributed by atoms with van der Waals surface area (Å²) in [6.07, 6.45) is 3.01. The maximum atomic E-state index is 14.1. The summed E-state index contributed by atoms with van der Waals surface area (Å²) in [6, 6.07) is 6.24. The minimum absolute atomic E-state index is 0.0470. The highest BCUT2D eigenvalue weighted by Crippen LogP contribution is 2.35. The van der Waals surface area contributed by atoms with Crippen molar-refractivity contribution < 1.29 is 14.0 Å². The molecule has 2 atom stereocenters. The van der Waals surface area contributed by atoms with E-state index in [2.05, 4.69) is 5.32 Å². The van der Waals surface area contributed by atoms with Crippen LogP contribution in [0.4, 0.5) is 9.18 Å². The Hall–Kier alpha value is -2.11. The predicted molar refractivity (Wildman–Crippen MR) is 88.9 cm³/mol. The van der Waals surface area contributed by atoms with Crippen LogP contribution < -0.4 is 5.32 Å². The lowest BCUT2D eigenvalue weighted by Gasteiger charge is -2.35. The van der Waals surface area contributed by atoms with Gasteiger partial charge in [0.1, 0.15) is 5.82 Å². The summed E-state index contributed by atoms with van der Waals surface area (Å²) >= 11 is 0. The third kappa shape index (κ3) is 3.52. The number of carbonyl (C=O) groups excluding carboxylic acids is 2. The second-order valence-corrected chi connectivity index (χ2v) is 6.80. The van der Waals surface area contributed by atoms with Crippen LogP contribution in [-0.2, 0) is 4.79 Å². The third-order valence-corrected chi connectivity index (χ3v) is 4.90. The summed E-state index contributed by atoms with van der Waals surface area (Å²) in [5.74, 6) is -0.175. The van der Waals surface area contributed by atoms with Crippen LogP contribution in [-0.4, -0.2) is 47.4 Å². The van der Waals surface area contributed by atoms with E-state index in [1.54, 1.807) is 35.0 Å². The van der Waals surface area contributed by atoms with Crippen molar-refractivity contribution in [2.24, 2.45) is 0 Å². The molecule has 3 rings (SSSR count). The van der Waals surface area contributed by atoms with Gasteiger partial charge in [0.05, 0.1) is 6.04 Å². The molecule has 0 aromatic heterocycles. The highest BCUT2D eigenvalue weighted by atomic mass is 19.1. The molecule has 0 radical (unpaired) electrons. The second-order valence-electron chi connectivity index (χ2n) is 6.80. The molecule has 1 N–H and O–H groups in total. The van der Waals surface area contributed by atoms with Gasteiger partial charge in [0.15, 0.2) is 0 Å². The molecule has 2 aliphatic rings. The van der Waals surface area contributed by atoms with Crippen molar-refractivity contribution in [1.29, 1.82) is 0 Å². The fourth-order valence-corrected chi connectivity index (χ4v) is 3.35. The van der Waals surface area contributed by atoms with Crippen molar-refractivity contribution in [3.8, 4) is 0 Å². The summed E-state index contributed by atoms with van der Waals surface area (Å²) in [6.45, 7) is 2.39. The van der Waals surface area contributed by atoms with Gasteiger partial charge >= 0.3 is 6.03 Å². The van der Waals surface area contributed by atoms with Crippen LogP contribution in [0.3, 0.4) is 0 Å². The van der Waals surface area contributed by atoms with Gasteiger partial charge in [-0.1, -0.05) is 18.2 Å². The quantitative estimate of drug-likeness (QED) is 0.921. The van der Waals surface area contributed by atoms with Crippen molar-refractivity contribution >= 4 is 11.9 Å². The molecule has 24 heavy (non-hydrogen) atoms. The Balaban J connectivity index is 1.70. The minimum Gasteiger partial charge on any atom is -0.344 e. The van der Waals surface area contributed by atoms with Gasteiger partial charge in [-0.2, -0.15) is 0 Å². The summed E-state index contributed by atoms with van der Waals surface area (Å²) < 4.78 is 14.1. The van der Waals surface area contributed by atoms with E-state index in [-0.39, 0.29) is 35.9 Å².